The molecule has 68 heavy (non-hydrogen) atoms. The number of hydrogen-bond acceptors (Lipinski definition) is 5. The Morgan fingerprint density at radius 1 is 0.397 bits per heavy atom. The van der Waals surface area contributed by atoms with E-state index in [0.717, 1.165) is 53.5 Å². The van der Waals surface area contributed by atoms with Gasteiger partial charge in [0.15, 0.2) is 11.6 Å². The van der Waals surface area contributed by atoms with Crippen LogP contribution in [0.3, 0.4) is 0 Å². The van der Waals surface area contributed by atoms with Gasteiger partial charge in [-0.05, 0) is 139 Å². The highest BCUT2D eigenvalue weighted by Crippen LogP contribution is 2.35. The lowest BCUT2D eigenvalue weighted by Crippen LogP contribution is -2.11. The topological polar surface area (TPSA) is 80.7 Å². The fourth-order valence-corrected chi connectivity index (χ4v) is 8.74. The minimum atomic E-state index is -0.223. The highest BCUT2D eigenvalue weighted by molar-refractivity contribution is 6.01. The molecule has 7 aromatic rings. The van der Waals surface area contributed by atoms with Gasteiger partial charge in [0.05, 0.1) is 18.6 Å². The van der Waals surface area contributed by atoms with Gasteiger partial charge in [-0.3, -0.25) is 9.59 Å². The summed E-state index contributed by atoms with van der Waals surface area (Å²) in [5, 5.41) is 12.0. The van der Waals surface area contributed by atoms with Crippen molar-refractivity contribution < 1.29 is 23.5 Å². The van der Waals surface area contributed by atoms with Gasteiger partial charge < -0.3 is 13.9 Å². The van der Waals surface area contributed by atoms with Crippen molar-refractivity contribution in [1.29, 1.82) is 0 Å². The molecular weight excluding hydrogens is 837 g/mol. The average molecular weight is 915 g/mol. The van der Waals surface area contributed by atoms with Crippen molar-refractivity contribution in [1.82, 2.24) is 0 Å². The molecule has 5 heteroatoms. The quantitative estimate of drug-likeness (QED) is 0.164. The molecule has 1 N–H and O–H groups in total. The lowest BCUT2D eigenvalue weighted by atomic mass is 9.85. The molecule has 3 aliphatic carbocycles. The molecule has 2 heterocycles. The van der Waals surface area contributed by atoms with Crippen LogP contribution in [0, 0.1) is 0 Å². The number of ketones is 2. The van der Waals surface area contributed by atoms with Crippen LogP contribution in [-0.2, 0) is 46.3 Å². The second-order valence-corrected chi connectivity index (χ2v) is 24.2. The smallest absolute Gasteiger partial charge is 0.163 e. The molecule has 3 aliphatic rings. The maximum absolute atomic E-state index is 11.5. The molecule has 0 unspecified atom stereocenters. The second kappa shape index (κ2) is 20.2. The molecule has 5 nitrogen and oxygen atoms in total. The summed E-state index contributed by atoms with van der Waals surface area (Å²) in [6.45, 7) is 33.1. The molecule has 0 amide bonds. The van der Waals surface area contributed by atoms with Crippen LogP contribution in [0.4, 0.5) is 0 Å². The van der Waals surface area contributed by atoms with E-state index >= 15 is 0 Å². The molecule has 10 rings (SSSR count). The molecule has 0 radical (unpaired) electrons. The standard InChI is InChI=1S/C13H18O.2C13H16O.2C12H14O/c2*1-13(2,3)10-5-6-11-9(8-10)4-7-12(11)14;1-13(2,3)10-6-4-9-5-7-12(14)11(9)8-10;1-12(2,3)10-4-5-11-9(8-10)6-7-13-11;1-12(2,3)10-5-4-9-6-7-13-11(9)8-10/h5-6,8,12,14H,4,7H2,1-3H3;5-6,8H,4,7H2,1-3H3;4,6,8H,5,7H2,1-3H3;2*4-8H,1-3H3/t12-;;;;/m0..../s1. The molecule has 0 aliphatic heterocycles. The lowest BCUT2D eigenvalue weighted by Gasteiger charge is -2.20. The van der Waals surface area contributed by atoms with E-state index in [4.69, 9.17) is 8.83 Å². The highest BCUT2D eigenvalue weighted by atomic mass is 16.3. The van der Waals surface area contributed by atoms with Gasteiger partial charge in [0.25, 0.3) is 0 Å². The van der Waals surface area contributed by atoms with Crippen LogP contribution in [0.1, 0.15) is 200 Å². The molecule has 5 aromatic carbocycles. The number of aryl methyl sites for hydroxylation is 3. The average Bonchev–Trinajstić information content (AvgIpc) is 4.12. The van der Waals surface area contributed by atoms with Crippen molar-refractivity contribution in [2.45, 2.75) is 176 Å². The Hall–Kier alpha value is -5.52. The third-order valence-corrected chi connectivity index (χ3v) is 13.5. The number of fused-ring (bicyclic) bond motifs is 5. The van der Waals surface area contributed by atoms with Gasteiger partial charge in [-0.2, -0.15) is 0 Å². The molecule has 0 spiro atoms. The van der Waals surface area contributed by atoms with Crippen LogP contribution in [0.25, 0.3) is 21.9 Å². The number of hydrogen-bond donors (Lipinski definition) is 1. The maximum atomic E-state index is 11.5. The van der Waals surface area contributed by atoms with Crippen molar-refractivity contribution in [3.05, 3.63) is 177 Å². The number of furan rings is 2. The van der Waals surface area contributed by atoms with E-state index in [2.05, 4.69) is 183 Å². The first-order valence-corrected chi connectivity index (χ1v) is 24.7. The number of aliphatic hydroxyl groups is 1. The zero-order valence-corrected chi connectivity index (χ0v) is 43.9. The third kappa shape index (κ3) is 13.0. The monoisotopic (exact) mass is 915 g/mol. The number of carbonyl (C=O) groups excluding carboxylic acids is 2. The Morgan fingerprint density at radius 2 is 0.853 bits per heavy atom. The summed E-state index contributed by atoms with van der Waals surface area (Å²) in [6.07, 6.45) is 8.42. The lowest BCUT2D eigenvalue weighted by molar-refractivity contribution is 0.0986. The minimum Gasteiger partial charge on any atom is -0.464 e. The molecule has 0 saturated carbocycles. The summed E-state index contributed by atoms with van der Waals surface area (Å²) < 4.78 is 10.6. The van der Waals surface area contributed by atoms with Gasteiger partial charge in [0.2, 0.25) is 0 Å². The first kappa shape index (κ1) is 51.9. The zero-order valence-electron chi connectivity index (χ0n) is 43.9. The highest BCUT2D eigenvalue weighted by Gasteiger charge is 2.25. The largest absolute Gasteiger partial charge is 0.464 e. The van der Waals surface area contributed by atoms with E-state index in [0.29, 0.717) is 24.4 Å². The van der Waals surface area contributed by atoms with Crippen LogP contribution in [0.2, 0.25) is 0 Å². The number of aliphatic hydroxyl groups excluding tert-OH is 1. The maximum Gasteiger partial charge on any atom is 0.163 e. The van der Waals surface area contributed by atoms with E-state index in [1.54, 1.807) is 12.5 Å². The Bertz CT molecular complexity index is 2780. The summed E-state index contributed by atoms with van der Waals surface area (Å²) >= 11 is 0. The van der Waals surface area contributed by atoms with Crippen molar-refractivity contribution in [3.63, 3.8) is 0 Å². The van der Waals surface area contributed by atoms with Crippen LogP contribution >= 0.6 is 0 Å². The molecule has 0 fully saturated rings. The van der Waals surface area contributed by atoms with Crippen LogP contribution in [0.15, 0.2) is 124 Å². The Kier molecular flexibility index (Phi) is 15.4. The third-order valence-electron chi connectivity index (χ3n) is 13.5. The summed E-state index contributed by atoms with van der Waals surface area (Å²) in [4.78, 5) is 23.0. The first-order valence-electron chi connectivity index (χ1n) is 24.7. The zero-order chi connectivity index (χ0) is 50.0. The fraction of sp³-hybridized carbons (Fsp3) is 0.429. The van der Waals surface area contributed by atoms with Crippen molar-refractivity contribution >= 4 is 33.5 Å². The SMILES string of the molecule is CC(C)(C)c1ccc2c(c1)C(=O)CC2.CC(C)(C)c1ccc2c(c1)CCC2=O.CC(C)(C)c1ccc2c(c1)CC[C@@H]2O.CC(C)(C)c1ccc2ccoc2c1.CC(C)(C)c1ccc2occc2c1. The summed E-state index contributed by atoms with van der Waals surface area (Å²) in [5.41, 5.74) is 16.3. The number of carbonyl (C=O) groups is 2. The Labute approximate surface area is 407 Å². The predicted molar refractivity (Wildman–Crippen MR) is 284 cm³/mol. The Balaban J connectivity index is 0.000000140. The van der Waals surface area contributed by atoms with Gasteiger partial charge in [-0.1, -0.05) is 171 Å². The van der Waals surface area contributed by atoms with E-state index < -0.39 is 0 Å². The van der Waals surface area contributed by atoms with E-state index in [1.165, 1.54) is 55.3 Å². The number of benzene rings is 5. The molecule has 0 bridgehead atoms. The van der Waals surface area contributed by atoms with Gasteiger partial charge >= 0.3 is 0 Å². The summed E-state index contributed by atoms with van der Waals surface area (Å²) in [5.74, 6) is 0.617. The van der Waals surface area contributed by atoms with Gasteiger partial charge in [-0.15, -0.1) is 0 Å². The summed E-state index contributed by atoms with van der Waals surface area (Å²) in [7, 11) is 0. The second-order valence-electron chi connectivity index (χ2n) is 24.2. The van der Waals surface area contributed by atoms with E-state index in [1.807, 2.05) is 24.3 Å². The van der Waals surface area contributed by atoms with Gasteiger partial charge in [0, 0.05) is 34.7 Å². The van der Waals surface area contributed by atoms with Crippen LogP contribution in [-0.4, -0.2) is 16.7 Å². The molecule has 2 aromatic heterocycles. The number of rotatable bonds is 0. The summed E-state index contributed by atoms with van der Waals surface area (Å²) in [6, 6.07) is 35.8. The van der Waals surface area contributed by atoms with Crippen LogP contribution < -0.4 is 0 Å². The van der Waals surface area contributed by atoms with Gasteiger partial charge in [0.1, 0.15) is 11.2 Å². The minimum absolute atomic E-state index is 0.137. The van der Waals surface area contributed by atoms with Crippen molar-refractivity contribution in [2.24, 2.45) is 0 Å². The van der Waals surface area contributed by atoms with Crippen LogP contribution in [0.5, 0.6) is 0 Å². The number of Topliss-reactive ketones (excluding diaryl/α,β-unsaturated/α-hetero) is 2. The molecular formula is C63H78O5. The van der Waals surface area contributed by atoms with Gasteiger partial charge in [-0.25, -0.2) is 0 Å². The normalized spacial score (nSPS) is 15.5. The Morgan fingerprint density at radius 3 is 1.47 bits per heavy atom. The molecule has 1 atom stereocenters. The first-order chi connectivity index (χ1) is 31.6. The fourth-order valence-electron chi connectivity index (χ4n) is 8.74. The van der Waals surface area contributed by atoms with E-state index in [-0.39, 0.29) is 33.2 Å². The van der Waals surface area contributed by atoms with Crippen molar-refractivity contribution in [2.75, 3.05) is 0 Å². The van der Waals surface area contributed by atoms with E-state index in [9.17, 15) is 14.7 Å². The predicted octanol–water partition coefficient (Wildman–Crippen LogP) is 16.7. The molecule has 0 saturated heterocycles. The molecule has 360 valence electrons. The van der Waals surface area contributed by atoms with Crippen molar-refractivity contribution in [3.8, 4) is 0 Å².